The molecule has 1 aliphatic heterocycles. The molecule has 29 heavy (non-hydrogen) atoms. The van der Waals surface area contributed by atoms with Gasteiger partial charge in [0.1, 0.15) is 0 Å². The predicted molar refractivity (Wildman–Crippen MR) is 116 cm³/mol. The van der Waals surface area contributed by atoms with Crippen LogP contribution in [0.3, 0.4) is 0 Å². The highest BCUT2D eigenvalue weighted by atomic mass is 16.5. The van der Waals surface area contributed by atoms with Crippen LogP contribution < -0.4 is 0 Å². The first-order valence-corrected chi connectivity index (χ1v) is 10.4. The van der Waals surface area contributed by atoms with Crippen molar-refractivity contribution in [1.29, 1.82) is 0 Å². The Balaban J connectivity index is 1.69. The zero-order valence-corrected chi connectivity index (χ0v) is 16.4. The molecule has 0 radical (unpaired) electrons. The number of allylic oxidation sites excluding steroid dienone is 1. The summed E-state index contributed by atoms with van der Waals surface area (Å²) in [5.41, 5.74) is 6.23. The van der Waals surface area contributed by atoms with Gasteiger partial charge >= 0.3 is 0 Å². The summed E-state index contributed by atoms with van der Waals surface area (Å²) in [6.45, 7) is 2.51. The van der Waals surface area contributed by atoms with Crippen LogP contribution in [0.5, 0.6) is 0 Å². The van der Waals surface area contributed by atoms with Gasteiger partial charge in [-0.15, -0.1) is 0 Å². The molecule has 1 saturated heterocycles. The van der Waals surface area contributed by atoms with Crippen molar-refractivity contribution < 1.29 is 9.53 Å². The smallest absolute Gasteiger partial charge is 0.255 e. The van der Waals surface area contributed by atoms with Crippen LogP contribution in [-0.4, -0.2) is 42.1 Å². The van der Waals surface area contributed by atoms with Gasteiger partial charge in [0.2, 0.25) is 0 Å². The van der Waals surface area contributed by atoms with Gasteiger partial charge in [-0.05, 0) is 48.1 Å². The molecule has 0 N–H and O–H groups in total. The molecule has 0 atom stereocenters. The molecule has 0 unspecified atom stereocenters. The minimum absolute atomic E-state index is 0.115. The minimum atomic E-state index is 0.115. The number of benzene rings is 2. The first kappa shape index (κ1) is 18.1. The van der Waals surface area contributed by atoms with E-state index in [1.807, 2.05) is 35.2 Å². The number of nitrogens with zero attached hydrogens (tertiary/aromatic N) is 2. The average molecular weight is 384 g/mol. The number of carbonyl (C=O) groups is 1. The summed E-state index contributed by atoms with van der Waals surface area (Å²) in [4.78, 5) is 20.5. The van der Waals surface area contributed by atoms with Crippen molar-refractivity contribution in [2.45, 2.75) is 19.3 Å². The van der Waals surface area contributed by atoms with Crippen LogP contribution in [0.1, 0.15) is 40.0 Å². The number of para-hydroxylation sites is 1. The molecule has 1 fully saturated rings. The average Bonchev–Trinajstić information content (AvgIpc) is 2.79. The molecule has 2 heterocycles. The van der Waals surface area contributed by atoms with E-state index in [4.69, 9.17) is 9.72 Å². The fourth-order valence-electron chi connectivity index (χ4n) is 4.39. The molecule has 4 nitrogen and oxygen atoms in total. The second kappa shape index (κ2) is 7.80. The Morgan fingerprint density at radius 2 is 1.72 bits per heavy atom. The van der Waals surface area contributed by atoms with Crippen LogP contribution in [0.4, 0.5) is 0 Å². The van der Waals surface area contributed by atoms with Gasteiger partial charge in [-0.2, -0.15) is 0 Å². The summed E-state index contributed by atoms with van der Waals surface area (Å²) in [5.74, 6) is 0.115. The molecule has 5 rings (SSSR count). The van der Waals surface area contributed by atoms with Gasteiger partial charge in [0.05, 0.1) is 30.0 Å². The van der Waals surface area contributed by atoms with Crippen molar-refractivity contribution in [2.24, 2.45) is 0 Å². The summed E-state index contributed by atoms with van der Waals surface area (Å²) >= 11 is 0. The summed E-state index contributed by atoms with van der Waals surface area (Å²) < 4.78 is 5.45. The second-order valence-electron chi connectivity index (χ2n) is 7.67. The molecule has 4 heteroatoms. The molecule has 2 aromatic carbocycles. The van der Waals surface area contributed by atoms with E-state index in [9.17, 15) is 4.79 Å². The quantitative estimate of drug-likeness (QED) is 0.649. The molecule has 1 aromatic heterocycles. The molecule has 146 valence electrons. The molecule has 1 amide bonds. The zero-order chi connectivity index (χ0) is 19.6. The summed E-state index contributed by atoms with van der Waals surface area (Å²) in [7, 11) is 0. The number of fused-ring (bicyclic) bond motifs is 2. The Hall–Kier alpha value is -2.98. The fraction of sp³-hybridized carbons (Fsp3) is 0.280. The monoisotopic (exact) mass is 384 g/mol. The lowest BCUT2D eigenvalue weighted by atomic mass is 9.85. The molecule has 2 aliphatic rings. The topological polar surface area (TPSA) is 42.4 Å². The Bertz CT molecular complexity index is 1080. The number of morpholine rings is 1. The summed E-state index contributed by atoms with van der Waals surface area (Å²) in [6.07, 6.45) is 5.14. The fourth-order valence-corrected chi connectivity index (χ4v) is 4.39. The lowest BCUT2D eigenvalue weighted by Gasteiger charge is -2.30. The van der Waals surface area contributed by atoms with E-state index < -0.39 is 0 Å². The van der Waals surface area contributed by atoms with E-state index in [1.165, 1.54) is 11.1 Å². The molecule has 0 spiro atoms. The summed E-state index contributed by atoms with van der Waals surface area (Å²) in [6, 6.07) is 18.4. The number of amides is 1. The molecular formula is C25H24N2O2. The van der Waals surface area contributed by atoms with Crippen molar-refractivity contribution in [3.8, 4) is 0 Å². The van der Waals surface area contributed by atoms with Crippen molar-refractivity contribution in [2.75, 3.05) is 26.3 Å². The van der Waals surface area contributed by atoms with Gasteiger partial charge in [0, 0.05) is 18.5 Å². The van der Waals surface area contributed by atoms with E-state index in [2.05, 4.69) is 30.3 Å². The third-order valence-electron chi connectivity index (χ3n) is 5.82. The first-order valence-electron chi connectivity index (χ1n) is 10.4. The number of hydrogen-bond donors (Lipinski definition) is 0. The Morgan fingerprint density at radius 1 is 0.966 bits per heavy atom. The van der Waals surface area contributed by atoms with Crippen LogP contribution in [0.2, 0.25) is 0 Å². The maximum absolute atomic E-state index is 13.6. The third-order valence-corrected chi connectivity index (χ3v) is 5.82. The lowest BCUT2D eigenvalue weighted by Crippen LogP contribution is -2.41. The Morgan fingerprint density at radius 3 is 2.55 bits per heavy atom. The highest BCUT2D eigenvalue weighted by Crippen LogP contribution is 2.36. The van der Waals surface area contributed by atoms with Gasteiger partial charge in [0.25, 0.3) is 5.91 Å². The normalized spacial score (nSPS) is 18.1. The largest absolute Gasteiger partial charge is 0.378 e. The van der Waals surface area contributed by atoms with Crippen LogP contribution in [0.25, 0.3) is 22.6 Å². The zero-order valence-electron chi connectivity index (χ0n) is 16.4. The van der Waals surface area contributed by atoms with Crippen LogP contribution in [0.15, 0.2) is 54.6 Å². The summed E-state index contributed by atoms with van der Waals surface area (Å²) in [5, 5.41) is 0.962. The maximum atomic E-state index is 13.6. The minimum Gasteiger partial charge on any atom is -0.378 e. The number of aromatic nitrogens is 1. The van der Waals surface area contributed by atoms with Crippen molar-refractivity contribution in [1.82, 2.24) is 9.88 Å². The predicted octanol–water partition coefficient (Wildman–Crippen LogP) is 4.58. The molecule has 0 bridgehead atoms. The third kappa shape index (κ3) is 3.45. The molecule has 3 aromatic rings. The van der Waals surface area contributed by atoms with E-state index >= 15 is 0 Å². The number of hydrogen-bond acceptors (Lipinski definition) is 3. The van der Waals surface area contributed by atoms with E-state index in [-0.39, 0.29) is 5.91 Å². The van der Waals surface area contributed by atoms with Gasteiger partial charge in [-0.1, -0.05) is 48.5 Å². The highest BCUT2D eigenvalue weighted by molar-refractivity contribution is 6.09. The highest BCUT2D eigenvalue weighted by Gasteiger charge is 2.28. The number of pyridine rings is 1. The van der Waals surface area contributed by atoms with E-state index in [0.29, 0.717) is 26.3 Å². The van der Waals surface area contributed by atoms with E-state index in [1.54, 1.807) is 0 Å². The van der Waals surface area contributed by atoms with Gasteiger partial charge in [0.15, 0.2) is 0 Å². The first-order chi connectivity index (χ1) is 14.3. The number of rotatable bonds is 2. The van der Waals surface area contributed by atoms with Gasteiger partial charge in [-0.3, -0.25) is 4.79 Å². The van der Waals surface area contributed by atoms with Crippen molar-refractivity contribution >= 4 is 28.5 Å². The van der Waals surface area contributed by atoms with Crippen molar-refractivity contribution in [3.63, 3.8) is 0 Å². The Kier molecular flexibility index (Phi) is 4.86. The van der Waals surface area contributed by atoms with Crippen LogP contribution >= 0.6 is 0 Å². The standard InChI is InChI=1S/C25H24N2O2/c28-25(27-13-15-29-16-14-27)23-20-10-4-5-12-22(20)26-24-19(9-6-11-21(23)24)17-18-7-2-1-3-8-18/h1-5,7-8,10,12,17H,6,9,11,13-16H2/b19-17+. The maximum Gasteiger partial charge on any atom is 0.255 e. The number of ether oxygens (including phenoxy) is 1. The van der Waals surface area contributed by atoms with Gasteiger partial charge < -0.3 is 9.64 Å². The van der Waals surface area contributed by atoms with Crippen LogP contribution in [0, 0.1) is 0 Å². The SMILES string of the molecule is O=C(c1c2c(nc3ccccc13)/C(=C/c1ccccc1)CCC2)N1CCOCC1. The Labute approximate surface area is 170 Å². The second-order valence-corrected chi connectivity index (χ2v) is 7.67. The molecular weight excluding hydrogens is 360 g/mol. The van der Waals surface area contributed by atoms with Gasteiger partial charge in [-0.25, -0.2) is 4.98 Å². The van der Waals surface area contributed by atoms with Crippen LogP contribution in [-0.2, 0) is 11.2 Å². The molecule has 0 saturated carbocycles. The van der Waals surface area contributed by atoms with Crippen molar-refractivity contribution in [3.05, 3.63) is 77.0 Å². The lowest BCUT2D eigenvalue weighted by molar-refractivity contribution is 0.0303. The number of carbonyl (C=O) groups excluding carboxylic acids is 1. The van der Waals surface area contributed by atoms with E-state index in [0.717, 1.165) is 47.0 Å². The molecule has 1 aliphatic carbocycles.